The molecule has 3 N–H and O–H groups in total. The van der Waals surface area contributed by atoms with E-state index < -0.39 is 0 Å². The topological polar surface area (TPSA) is 47.3 Å². The van der Waals surface area contributed by atoms with Gasteiger partial charge >= 0.3 is 0 Å². The zero-order valence-corrected chi connectivity index (χ0v) is 11.5. The average Bonchev–Trinajstić information content (AvgIpc) is 2.34. The van der Waals surface area contributed by atoms with Crippen molar-refractivity contribution < 1.29 is 4.74 Å². The summed E-state index contributed by atoms with van der Waals surface area (Å²) in [5.74, 6) is 7.17. The van der Waals surface area contributed by atoms with Crippen molar-refractivity contribution in [1.82, 2.24) is 5.43 Å². The maximum Gasteiger partial charge on any atom is 0.126 e. The standard InChI is InChI=1S/C13H21ClN2O/c1-9-6-7-11(13(17-3)10(9)2)12(16-15)5-4-8-14/h6-7,12,16H,4-5,8,15H2,1-3H3. The molecular formula is C13H21ClN2O. The van der Waals surface area contributed by atoms with Gasteiger partial charge < -0.3 is 4.74 Å². The van der Waals surface area contributed by atoms with E-state index in [1.165, 1.54) is 5.56 Å². The third kappa shape index (κ3) is 3.35. The van der Waals surface area contributed by atoms with E-state index >= 15 is 0 Å². The van der Waals surface area contributed by atoms with Crippen LogP contribution in [0.5, 0.6) is 5.75 Å². The van der Waals surface area contributed by atoms with E-state index in [0.717, 1.165) is 29.7 Å². The molecule has 0 saturated carbocycles. The van der Waals surface area contributed by atoms with Crippen LogP contribution < -0.4 is 16.0 Å². The number of methoxy groups -OCH3 is 1. The Bertz CT molecular complexity index is 369. The van der Waals surface area contributed by atoms with Crippen molar-refractivity contribution >= 4 is 11.6 Å². The van der Waals surface area contributed by atoms with Gasteiger partial charge in [0.1, 0.15) is 5.75 Å². The Hall–Kier alpha value is -0.770. The minimum absolute atomic E-state index is 0.0861. The van der Waals surface area contributed by atoms with Crippen LogP contribution in [0.4, 0.5) is 0 Å². The number of ether oxygens (including phenoxy) is 1. The van der Waals surface area contributed by atoms with Crippen LogP contribution in [0.15, 0.2) is 12.1 Å². The van der Waals surface area contributed by atoms with Crippen LogP contribution in [-0.2, 0) is 0 Å². The van der Waals surface area contributed by atoms with Crippen LogP contribution >= 0.6 is 11.6 Å². The molecule has 1 rings (SSSR count). The lowest BCUT2D eigenvalue weighted by molar-refractivity contribution is 0.392. The van der Waals surface area contributed by atoms with Gasteiger partial charge in [-0.25, -0.2) is 0 Å². The van der Waals surface area contributed by atoms with E-state index in [9.17, 15) is 0 Å². The molecule has 0 amide bonds. The highest BCUT2D eigenvalue weighted by Crippen LogP contribution is 2.32. The zero-order valence-electron chi connectivity index (χ0n) is 10.7. The number of aryl methyl sites for hydroxylation is 1. The molecule has 0 heterocycles. The molecule has 1 atom stereocenters. The second kappa shape index (κ2) is 6.84. The van der Waals surface area contributed by atoms with Crippen LogP contribution in [0.3, 0.4) is 0 Å². The smallest absolute Gasteiger partial charge is 0.126 e. The van der Waals surface area contributed by atoms with Crippen LogP contribution in [0, 0.1) is 13.8 Å². The number of rotatable bonds is 6. The minimum atomic E-state index is 0.0861. The third-order valence-electron chi connectivity index (χ3n) is 3.11. The molecule has 0 bridgehead atoms. The van der Waals surface area contributed by atoms with Gasteiger partial charge in [-0.1, -0.05) is 12.1 Å². The minimum Gasteiger partial charge on any atom is -0.496 e. The molecule has 0 aliphatic rings. The summed E-state index contributed by atoms with van der Waals surface area (Å²) in [6.45, 7) is 4.14. The van der Waals surface area contributed by atoms with E-state index in [0.29, 0.717) is 5.88 Å². The molecular weight excluding hydrogens is 236 g/mol. The number of nitrogens with one attached hydrogen (secondary N) is 1. The Morgan fingerprint density at radius 3 is 2.65 bits per heavy atom. The van der Waals surface area contributed by atoms with Crippen molar-refractivity contribution in [1.29, 1.82) is 0 Å². The Balaban J connectivity index is 3.06. The molecule has 0 aromatic heterocycles. The van der Waals surface area contributed by atoms with E-state index in [1.54, 1.807) is 7.11 Å². The predicted molar refractivity (Wildman–Crippen MR) is 72.5 cm³/mol. The number of halogens is 1. The van der Waals surface area contributed by atoms with Gasteiger partial charge in [0.15, 0.2) is 0 Å². The van der Waals surface area contributed by atoms with E-state index in [1.807, 2.05) is 0 Å². The zero-order chi connectivity index (χ0) is 12.8. The fourth-order valence-electron chi connectivity index (χ4n) is 1.97. The number of hydrogen-bond acceptors (Lipinski definition) is 3. The summed E-state index contributed by atoms with van der Waals surface area (Å²) >= 11 is 5.72. The van der Waals surface area contributed by atoms with Crippen molar-refractivity contribution in [3.8, 4) is 5.75 Å². The van der Waals surface area contributed by atoms with Crippen LogP contribution in [-0.4, -0.2) is 13.0 Å². The van der Waals surface area contributed by atoms with Gasteiger partial charge in [0.05, 0.1) is 7.11 Å². The summed E-state index contributed by atoms with van der Waals surface area (Å²) in [6, 6.07) is 4.25. The Morgan fingerprint density at radius 2 is 2.12 bits per heavy atom. The highest BCUT2D eigenvalue weighted by molar-refractivity contribution is 6.17. The summed E-state index contributed by atoms with van der Waals surface area (Å²) in [7, 11) is 1.69. The first-order valence-electron chi connectivity index (χ1n) is 5.81. The van der Waals surface area contributed by atoms with Crippen molar-refractivity contribution in [2.75, 3.05) is 13.0 Å². The normalized spacial score (nSPS) is 12.5. The van der Waals surface area contributed by atoms with Gasteiger partial charge in [0.25, 0.3) is 0 Å². The highest BCUT2D eigenvalue weighted by atomic mass is 35.5. The summed E-state index contributed by atoms with van der Waals surface area (Å²) in [5.41, 5.74) is 6.32. The maximum absolute atomic E-state index is 5.72. The molecule has 0 spiro atoms. The molecule has 0 aliphatic heterocycles. The van der Waals surface area contributed by atoms with Crippen molar-refractivity contribution in [3.63, 3.8) is 0 Å². The molecule has 1 aromatic rings. The molecule has 1 aromatic carbocycles. The van der Waals surface area contributed by atoms with Crippen LogP contribution in [0.25, 0.3) is 0 Å². The molecule has 0 saturated heterocycles. The Kier molecular flexibility index (Phi) is 5.75. The van der Waals surface area contributed by atoms with Crippen LogP contribution in [0.1, 0.15) is 35.6 Å². The molecule has 0 radical (unpaired) electrons. The number of hydrazine groups is 1. The third-order valence-corrected chi connectivity index (χ3v) is 3.38. The Morgan fingerprint density at radius 1 is 1.41 bits per heavy atom. The number of hydrogen-bond donors (Lipinski definition) is 2. The second-order valence-corrected chi connectivity index (χ2v) is 4.56. The lowest BCUT2D eigenvalue weighted by Gasteiger charge is -2.21. The van der Waals surface area contributed by atoms with Crippen molar-refractivity contribution in [2.24, 2.45) is 5.84 Å². The van der Waals surface area contributed by atoms with Gasteiger partial charge in [-0.3, -0.25) is 11.3 Å². The first kappa shape index (κ1) is 14.3. The molecule has 17 heavy (non-hydrogen) atoms. The van der Waals surface area contributed by atoms with Gasteiger partial charge in [0, 0.05) is 17.5 Å². The monoisotopic (exact) mass is 256 g/mol. The van der Waals surface area contributed by atoms with E-state index in [4.69, 9.17) is 22.2 Å². The fourth-order valence-corrected chi connectivity index (χ4v) is 2.12. The molecule has 96 valence electrons. The average molecular weight is 257 g/mol. The van der Waals surface area contributed by atoms with E-state index in [2.05, 4.69) is 31.4 Å². The SMILES string of the molecule is COc1c(C(CCCCl)NN)ccc(C)c1C. The van der Waals surface area contributed by atoms with Gasteiger partial charge in [-0.15, -0.1) is 11.6 Å². The molecule has 0 fully saturated rings. The summed E-state index contributed by atoms with van der Waals surface area (Å²) in [4.78, 5) is 0. The molecule has 1 unspecified atom stereocenters. The highest BCUT2D eigenvalue weighted by Gasteiger charge is 2.16. The molecule has 0 aliphatic carbocycles. The first-order chi connectivity index (χ1) is 8.15. The van der Waals surface area contributed by atoms with Crippen molar-refractivity contribution in [2.45, 2.75) is 32.7 Å². The van der Waals surface area contributed by atoms with Gasteiger partial charge in [-0.2, -0.15) is 0 Å². The fraction of sp³-hybridized carbons (Fsp3) is 0.538. The largest absolute Gasteiger partial charge is 0.496 e. The first-order valence-corrected chi connectivity index (χ1v) is 6.35. The second-order valence-electron chi connectivity index (χ2n) is 4.18. The number of nitrogens with two attached hydrogens (primary N) is 1. The maximum atomic E-state index is 5.72. The lowest BCUT2D eigenvalue weighted by Crippen LogP contribution is -2.28. The summed E-state index contributed by atoms with van der Waals surface area (Å²) in [6.07, 6.45) is 1.82. The summed E-state index contributed by atoms with van der Waals surface area (Å²) in [5, 5.41) is 0. The summed E-state index contributed by atoms with van der Waals surface area (Å²) < 4.78 is 5.49. The molecule has 3 nitrogen and oxygen atoms in total. The van der Waals surface area contributed by atoms with Gasteiger partial charge in [-0.05, 0) is 37.8 Å². The molecule has 4 heteroatoms. The quantitative estimate of drug-likeness (QED) is 0.467. The lowest BCUT2D eigenvalue weighted by atomic mass is 9.97. The Labute approximate surface area is 108 Å². The van der Waals surface area contributed by atoms with Crippen molar-refractivity contribution in [3.05, 3.63) is 28.8 Å². The number of alkyl halides is 1. The van der Waals surface area contributed by atoms with Crippen LogP contribution in [0.2, 0.25) is 0 Å². The van der Waals surface area contributed by atoms with Gasteiger partial charge in [0.2, 0.25) is 0 Å². The number of benzene rings is 1. The predicted octanol–water partition coefficient (Wildman–Crippen LogP) is 2.84. The van der Waals surface area contributed by atoms with E-state index in [-0.39, 0.29) is 6.04 Å².